The van der Waals surface area contributed by atoms with E-state index in [-0.39, 0.29) is 43.0 Å². The molecular formula is C44H53ClN4O6. The van der Waals surface area contributed by atoms with Gasteiger partial charge in [0.15, 0.2) is 23.0 Å². The molecule has 0 unspecified atom stereocenters. The predicted octanol–water partition coefficient (Wildman–Crippen LogP) is 7.92. The standard InChI is InChI=1S/C22H26N2O3.C20H25NO3.C2H2ClN/c1-16-7-8-18(12-17(16)2)6-5-11-24-22(25)14-19-9-10-20(27-15-23-3)21(13-19)26-4;1-14-6-7-16(11-15(14)2)5-4-10-21-20(23)13-17-8-9-18(22)19(12-17)24-3;3-1-2-4/h7-10,12-13H,5-6,11,14-15H2,1-2,4H3,(H,24,25);6-9,11-12,22H,4-5,10,13H2,1-3H3,(H,21,23);1H2. The average molecular weight is 769 g/mol. The number of hydrogen-bond donors (Lipinski definition) is 3. The van der Waals surface area contributed by atoms with Gasteiger partial charge in [-0.15, -0.1) is 11.6 Å². The zero-order valence-corrected chi connectivity index (χ0v) is 33.5. The van der Waals surface area contributed by atoms with Crippen LogP contribution in [0.5, 0.6) is 23.0 Å². The molecule has 0 atom stereocenters. The summed E-state index contributed by atoms with van der Waals surface area (Å²) in [6.45, 7) is 16.5. The van der Waals surface area contributed by atoms with Crippen molar-refractivity contribution in [2.24, 2.45) is 0 Å². The number of phenols is 1. The van der Waals surface area contributed by atoms with E-state index in [4.69, 9.17) is 37.6 Å². The van der Waals surface area contributed by atoms with Gasteiger partial charge in [0, 0.05) is 13.1 Å². The van der Waals surface area contributed by atoms with Crippen molar-refractivity contribution in [3.8, 4) is 29.1 Å². The maximum absolute atomic E-state index is 12.2. The second kappa shape index (κ2) is 25.3. The minimum atomic E-state index is -0.0588. The Kier molecular flexibility index (Phi) is 20.9. The van der Waals surface area contributed by atoms with Crippen LogP contribution in [-0.4, -0.2) is 56.8 Å². The molecule has 0 radical (unpaired) electrons. The van der Waals surface area contributed by atoms with Gasteiger partial charge in [0.05, 0.1) is 33.1 Å². The fourth-order valence-corrected chi connectivity index (χ4v) is 5.33. The van der Waals surface area contributed by atoms with Gasteiger partial charge in [-0.3, -0.25) is 14.4 Å². The molecule has 11 heteroatoms. The molecular weight excluding hydrogens is 716 g/mol. The molecule has 0 aromatic heterocycles. The number of halogens is 1. The topological polar surface area (TPSA) is 134 Å². The van der Waals surface area contributed by atoms with E-state index >= 15 is 0 Å². The first-order chi connectivity index (χ1) is 26.4. The number of amides is 2. The molecule has 0 saturated carbocycles. The molecule has 4 aromatic rings. The number of ether oxygens (including phenoxy) is 3. The largest absolute Gasteiger partial charge is 0.504 e. The third-order valence-electron chi connectivity index (χ3n) is 8.62. The number of aromatic hydroxyl groups is 1. The van der Waals surface area contributed by atoms with E-state index in [1.807, 2.05) is 6.07 Å². The summed E-state index contributed by atoms with van der Waals surface area (Å²) in [5, 5.41) is 23.0. The molecule has 4 aromatic carbocycles. The minimum absolute atomic E-state index is 0.0213. The Labute approximate surface area is 331 Å². The highest BCUT2D eigenvalue weighted by Gasteiger charge is 2.10. The highest BCUT2D eigenvalue weighted by Crippen LogP contribution is 2.28. The Bertz CT molecular complexity index is 1920. The van der Waals surface area contributed by atoms with E-state index in [1.54, 1.807) is 36.4 Å². The van der Waals surface area contributed by atoms with Crippen molar-refractivity contribution in [2.75, 3.05) is 39.9 Å². The Morgan fingerprint density at radius 1 is 0.709 bits per heavy atom. The lowest BCUT2D eigenvalue weighted by Gasteiger charge is -2.10. The van der Waals surface area contributed by atoms with Crippen molar-refractivity contribution >= 4 is 23.4 Å². The molecule has 0 saturated heterocycles. The number of benzene rings is 4. The minimum Gasteiger partial charge on any atom is -0.504 e. The normalized spacial score (nSPS) is 9.91. The first-order valence-corrected chi connectivity index (χ1v) is 18.5. The van der Waals surface area contributed by atoms with Gasteiger partial charge >= 0.3 is 6.73 Å². The first kappa shape index (κ1) is 45.4. The van der Waals surface area contributed by atoms with Gasteiger partial charge < -0.3 is 30.0 Å². The highest BCUT2D eigenvalue weighted by molar-refractivity contribution is 6.19. The number of aryl methyl sites for hydroxylation is 6. The molecule has 2 amide bonds. The van der Waals surface area contributed by atoms with Crippen molar-refractivity contribution in [1.29, 1.82) is 5.26 Å². The number of alkyl halides is 1. The third-order valence-corrected chi connectivity index (χ3v) is 8.74. The van der Waals surface area contributed by atoms with Crippen LogP contribution in [0.3, 0.4) is 0 Å². The predicted molar refractivity (Wildman–Crippen MR) is 218 cm³/mol. The molecule has 10 nitrogen and oxygen atoms in total. The smallest absolute Gasteiger partial charge is 0.357 e. The van der Waals surface area contributed by atoms with E-state index in [1.165, 1.54) is 47.6 Å². The zero-order chi connectivity index (χ0) is 40.6. The van der Waals surface area contributed by atoms with E-state index in [9.17, 15) is 14.7 Å². The summed E-state index contributed by atoms with van der Waals surface area (Å²) in [4.78, 5) is 27.3. The van der Waals surface area contributed by atoms with Gasteiger partial charge in [0.25, 0.3) is 0 Å². The van der Waals surface area contributed by atoms with Gasteiger partial charge in [-0.05, 0) is 122 Å². The molecule has 4 rings (SSSR count). The molecule has 0 heterocycles. The van der Waals surface area contributed by atoms with Crippen LogP contribution < -0.4 is 24.8 Å². The SMILES string of the molecule is COc1cc(CC(=O)NCCCc2ccc(C)c(C)c2)ccc1O.N#CCCl.[C-]#[N+]COc1ccc(CC(=O)NCCCc2ccc(C)c(C)c2)cc1OC. The zero-order valence-electron chi connectivity index (χ0n) is 32.8. The van der Waals surface area contributed by atoms with Crippen LogP contribution >= 0.6 is 11.6 Å². The maximum Gasteiger partial charge on any atom is 0.357 e. The number of rotatable bonds is 16. The van der Waals surface area contributed by atoms with Gasteiger partial charge in [-0.1, -0.05) is 48.5 Å². The van der Waals surface area contributed by atoms with Crippen LogP contribution in [0.1, 0.15) is 57.3 Å². The molecule has 0 fully saturated rings. The highest BCUT2D eigenvalue weighted by atomic mass is 35.5. The molecule has 0 spiro atoms. The van der Waals surface area contributed by atoms with Crippen molar-refractivity contribution in [2.45, 2.75) is 66.2 Å². The summed E-state index contributed by atoms with van der Waals surface area (Å²) in [5.41, 5.74) is 9.46. The van der Waals surface area contributed by atoms with Crippen LogP contribution in [0.2, 0.25) is 0 Å². The van der Waals surface area contributed by atoms with Crippen LogP contribution in [0, 0.1) is 45.6 Å². The number of nitrogens with zero attached hydrogens (tertiary/aromatic N) is 2. The number of phenolic OH excluding ortho intramolecular Hbond substituents is 1. The van der Waals surface area contributed by atoms with Gasteiger partial charge in [-0.25, -0.2) is 6.57 Å². The number of carbonyl (C=O) groups excluding carboxylic acids is 2. The number of hydrogen-bond acceptors (Lipinski definition) is 7. The fourth-order valence-electron chi connectivity index (χ4n) is 5.33. The summed E-state index contributed by atoms with van der Waals surface area (Å²) in [5.74, 6) is 1.55. The van der Waals surface area contributed by atoms with E-state index in [0.29, 0.717) is 30.3 Å². The number of nitrogens with one attached hydrogen (secondary N) is 2. The number of nitriles is 1. The number of methoxy groups -OCH3 is 2. The summed E-state index contributed by atoms with van der Waals surface area (Å²) in [7, 11) is 3.03. The summed E-state index contributed by atoms with van der Waals surface area (Å²) >= 11 is 4.82. The molecule has 292 valence electrons. The van der Waals surface area contributed by atoms with Crippen LogP contribution in [0.4, 0.5) is 0 Å². The molecule has 0 aliphatic rings. The molecule has 0 aliphatic carbocycles. The lowest BCUT2D eigenvalue weighted by molar-refractivity contribution is -0.121. The molecule has 0 aliphatic heterocycles. The lowest BCUT2D eigenvalue weighted by Crippen LogP contribution is -2.26. The quantitative estimate of drug-likeness (QED) is 0.0599. The molecule has 55 heavy (non-hydrogen) atoms. The lowest BCUT2D eigenvalue weighted by atomic mass is 10.0. The monoisotopic (exact) mass is 768 g/mol. The van der Waals surface area contributed by atoms with Crippen LogP contribution in [-0.2, 0) is 35.3 Å². The average Bonchev–Trinajstić information content (AvgIpc) is 3.18. The van der Waals surface area contributed by atoms with E-state index < -0.39 is 0 Å². The Morgan fingerprint density at radius 2 is 1.16 bits per heavy atom. The van der Waals surface area contributed by atoms with Gasteiger partial charge in [-0.2, -0.15) is 5.26 Å². The van der Waals surface area contributed by atoms with Gasteiger partial charge in [0.1, 0.15) is 5.88 Å². The van der Waals surface area contributed by atoms with Crippen LogP contribution in [0.25, 0.3) is 4.85 Å². The van der Waals surface area contributed by atoms with Crippen molar-refractivity contribution in [3.63, 3.8) is 0 Å². The maximum atomic E-state index is 12.2. The van der Waals surface area contributed by atoms with E-state index in [2.05, 4.69) is 79.6 Å². The summed E-state index contributed by atoms with van der Waals surface area (Å²) in [6, 6.07) is 25.0. The second-order valence-corrected chi connectivity index (χ2v) is 13.1. The summed E-state index contributed by atoms with van der Waals surface area (Å²) in [6.07, 6.45) is 4.27. The number of carbonyl (C=O) groups is 2. The Balaban J connectivity index is 0.000000348. The van der Waals surface area contributed by atoms with Crippen molar-refractivity contribution in [1.82, 2.24) is 10.6 Å². The third kappa shape index (κ3) is 17.3. The Hall–Kier alpha value is -5.71. The molecule has 0 bridgehead atoms. The van der Waals surface area contributed by atoms with E-state index in [0.717, 1.165) is 36.8 Å². The fraction of sp³-hybridized carbons (Fsp3) is 0.364. The second-order valence-electron chi connectivity index (χ2n) is 12.8. The van der Waals surface area contributed by atoms with Crippen LogP contribution in [0.15, 0.2) is 72.8 Å². The van der Waals surface area contributed by atoms with Crippen molar-refractivity contribution in [3.05, 3.63) is 129 Å². The summed E-state index contributed by atoms with van der Waals surface area (Å²) < 4.78 is 15.6. The Morgan fingerprint density at radius 3 is 1.60 bits per heavy atom. The molecule has 3 N–H and O–H groups in total. The first-order valence-electron chi connectivity index (χ1n) is 18.0. The van der Waals surface area contributed by atoms with Crippen molar-refractivity contribution < 1.29 is 28.9 Å². The van der Waals surface area contributed by atoms with Gasteiger partial charge in [0.2, 0.25) is 11.8 Å².